The van der Waals surface area contributed by atoms with Crippen LogP contribution in [0.2, 0.25) is 0 Å². The largest absolute Gasteiger partial charge is 0.300 e. The molecule has 0 saturated heterocycles. The summed E-state index contributed by atoms with van der Waals surface area (Å²) in [7, 11) is 0. The fraction of sp³-hybridized carbons (Fsp3) is 0.645. The Hall–Kier alpha value is -2.03. The van der Waals surface area contributed by atoms with E-state index in [9.17, 15) is 14.4 Å². The lowest BCUT2D eigenvalue weighted by molar-refractivity contribution is -0.129. The van der Waals surface area contributed by atoms with E-state index >= 15 is 0 Å². The first-order valence-corrected chi connectivity index (χ1v) is 13.6. The van der Waals surface area contributed by atoms with Gasteiger partial charge in [0.25, 0.3) is 0 Å². The predicted octanol–water partition coefficient (Wildman–Crippen LogP) is 7.97. The van der Waals surface area contributed by atoms with Crippen LogP contribution in [0, 0.1) is 24.7 Å². The highest BCUT2D eigenvalue weighted by Gasteiger charge is 2.33. The number of carbonyl (C=O) groups is 3. The molecule has 1 aromatic rings. The van der Waals surface area contributed by atoms with Crippen molar-refractivity contribution in [1.29, 1.82) is 0 Å². The molecule has 0 heterocycles. The van der Waals surface area contributed by atoms with Gasteiger partial charge in [0.1, 0.15) is 11.6 Å². The van der Waals surface area contributed by atoms with Crippen LogP contribution in [0.4, 0.5) is 0 Å². The Morgan fingerprint density at radius 3 is 2.35 bits per heavy atom. The highest BCUT2D eigenvalue weighted by Crippen LogP contribution is 2.39. The van der Waals surface area contributed by atoms with Gasteiger partial charge in [-0.1, -0.05) is 71.2 Å². The van der Waals surface area contributed by atoms with Gasteiger partial charge in [-0.15, -0.1) is 0 Å². The third-order valence-corrected chi connectivity index (χ3v) is 7.41. The summed E-state index contributed by atoms with van der Waals surface area (Å²) in [6, 6.07) is 4.42. The second-order valence-corrected chi connectivity index (χ2v) is 10.5. The van der Waals surface area contributed by atoms with Crippen molar-refractivity contribution in [3.63, 3.8) is 0 Å². The van der Waals surface area contributed by atoms with Crippen molar-refractivity contribution in [1.82, 2.24) is 0 Å². The van der Waals surface area contributed by atoms with E-state index in [1.165, 1.54) is 30.0 Å². The molecule has 3 rings (SSSR count). The lowest BCUT2D eigenvalue weighted by atomic mass is 9.71. The minimum absolute atomic E-state index is 0.0444. The molecule has 0 N–H and O–H groups in total. The van der Waals surface area contributed by atoms with Gasteiger partial charge in [-0.05, 0) is 74.5 Å². The first-order chi connectivity index (χ1) is 16.3. The minimum Gasteiger partial charge on any atom is -0.300 e. The number of benzene rings is 1. The van der Waals surface area contributed by atoms with Crippen LogP contribution in [0.3, 0.4) is 0 Å². The van der Waals surface area contributed by atoms with Gasteiger partial charge in [-0.2, -0.15) is 0 Å². The van der Waals surface area contributed by atoms with E-state index in [4.69, 9.17) is 0 Å². The van der Waals surface area contributed by atoms with Gasteiger partial charge in [0.15, 0.2) is 5.78 Å². The molecule has 0 fully saturated rings. The van der Waals surface area contributed by atoms with E-state index in [-0.39, 0.29) is 41.5 Å². The van der Waals surface area contributed by atoms with E-state index in [0.717, 1.165) is 50.5 Å². The predicted molar refractivity (Wildman–Crippen MR) is 142 cm³/mol. The van der Waals surface area contributed by atoms with Crippen molar-refractivity contribution in [2.24, 2.45) is 17.8 Å². The lowest BCUT2D eigenvalue weighted by Gasteiger charge is -2.32. The second kappa shape index (κ2) is 13.8. The maximum atomic E-state index is 13.2. The van der Waals surface area contributed by atoms with Crippen molar-refractivity contribution in [3.8, 4) is 0 Å². The molecule has 4 atom stereocenters. The lowest BCUT2D eigenvalue weighted by Crippen LogP contribution is -2.30. The molecule has 0 aromatic heterocycles. The summed E-state index contributed by atoms with van der Waals surface area (Å²) in [6.07, 6.45) is 13.2. The van der Waals surface area contributed by atoms with Gasteiger partial charge in [-0.3, -0.25) is 14.4 Å². The summed E-state index contributed by atoms with van der Waals surface area (Å²) in [4.78, 5) is 37.4. The summed E-state index contributed by atoms with van der Waals surface area (Å²) >= 11 is 0. The van der Waals surface area contributed by atoms with Gasteiger partial charge in [0.05, 0.1) is 6.42 Å². The van der Waals surface area contributed by atoms with Crippen LogP contribution in [-0.2, 0) is 16.0 Å². The Bertz CT molecular complexity index is 879. The molecule has 0 spiro atoms. The van der Waals surface area contributed by atoms with Crippen molar-refractivity contribution < 1.29 is 14.4 Å². The van der Waals surface area contributed by atoms with Gasteiger partial charge < -0.3 is 0 Å². The molecule has 4 unspecified atom stereocenters. The van der Waals surface area contributed by atoms with Crippen LogP contribution in [0.5, 0.6) is 0 Å². The summed E-state index contributed by atoms with van der Waals surface area (Å²) in [5.74, 6) is 1.22. The topological polar surface area (TPSA) is 51.2 Å². The first kappa shape index (κ1) is 28.2. The average molecular weight is 467 g/mol. The Labute approximate surface area is 207 Å². The first-order valence-electron chi connectivity index (χ1n) is 13.6. The number of fused-ring (bicyclic) bond motifs is 1. The van der Waals surface area contributed by atoms with Crippen LogP contribution < -0.4 is 0 Å². The zero-order valence-corrected chi connectivity index (χ0v) is 22.4. The molecule has 34 heavy (non-hydrogen) atoms. The smallest absolute Gasteiger partial charge is 0.163 e. The molecule has 188 valence electrons. The monoisotopic (exact) mass is 466 g/mol. The summed E-state index contributed by atoms with van der Waals surface area (Å²) in [6.45, 7) is 12.1. The highest BCUT2D eigenvalue weighted by atomic mass is 16.1. The van der Waals surface area contributed by atoms with Crippen LogP contribution in [-0.4, -0.2) is 17.3 Å². The number of carbonyl (C=O) groups excluding carboxylic acids is 3. The van der Waals surface area contributed by atoms with Crippen molar-refractivity contribution in [2.75, 3.05) is 0 Å². The molecule has 3 heteroatoms. The SMILES string of the molecule is CCC.CCCC(CC1CC(=O)c2c(ccc(C3C=CCC3)c2C)C1)C(CC)C(=O)CC(C)=O. The fourth-order valence-electron chi connectivity index (χ4n) is 6.03. The van der Waals surface area contributed by atoms with Crippen molar-refractivity contribution in [3.05, 3.63) is 46.5 Å². The summed E-state index contributed by atoms with van der Waals surface area (Å²) in [5, 5.41) is 0. The molecule has 0 bridgehead atoms. The molecule has 1 aromatic carbocycles. The molecule has 3 nitrogen and oxygen atoms in total. The molecule has 0 radical (unpaired) electrons. The molecular weight excluding hydrogens is 420 g/mol. The standard InChI is InChI=1S/C28H38O3.C3H8/c1-5-9-22(24(6-2)26(30)14-18(3)29)15-20-16-23-12-13-25(21-10-7-8-11-21)19(4)28(23)27(31)17-20;1-3-2/h7,10,12-13,20-22,24H,5-6,8-9,11,14-17H2,1-4H3;3H2,1-2H3. The molecule has 2 aliphatic carbocycles. The Balaban J connectivity index is 0.00000129. The van der Waals surface area contributed by atoms with Crippen LogP contribution in [0.25, 0.3) is 0 Å². The van der Waals surface area contributed by atoms with E-state index in [2.05, 4.69) is 58.9 Å². The van der Waals surface area contributed by atoms with E-state index in [1.54, 1.807) is 0 Å². The van der Waals surface area contributed by atoms with Crippen LogP contribution in [0.1, 0.15) is 125 Å². The zero-order valence-electron chi connectivity index (χ0n) is 22.4. The van der Waals surface area contributed by atoms with Crippen molar-refractivity contribution in [2.45, 2.75) is 112 Å². The maximum absolute atomic E-state index is 13.2. The van der Waals surface area contributed by atoms with E-state index in [1.807, 2.05) is 0 Å². The Morgan fingerprint density at radius 2 is 1.79 bits per heavy atom. The van der Waals surface area contributed by atoms with Crippen LogP contribution in [0.15, 0.2) is 24.3 Å². The zero-order chi connectivity index (χ0) is 25.3. The van der Waals surface area contributed by atoms with E-state index in [0.29, 0.717) is 12.3 Å². The Morgan fingerprint density at radius 1 is 1.09 bits per heavy atom. The Kier molecular flexibility index (Phi) is 11.4. The average Bonchev–Trinajstić information content (AvgIpc) is 3.29. The van der Waals surface area contributed by atoms with E-state index < -0.39 is 0 Å². The number of ketones is 3. The van der Waals surface area contributed by atoms with Crippen molar-refractivity contribution >= 4 is 17.3 Å². The second-order valence-electron chi connectivity index (χ2n) is 10.5. The molecule has 0 saturated carbocycles. The number of allylic oxidation sites excluding steroid dienone is 2. The number of hydrogen-bond donors (Lipinski definition) is 0. The van der Waals surface area contributed by atoms with Gasteiger partial charge >= 0.3 is 0 Å². The number of hydrogen-bond acceptors (Lipinski definition) is 3. The highest BCUT2D eigenvalue weighted by molar-refractivity contribution is 6.00. The van der Waals surface area contributed by atoms with Gasteiger partial charge in [0, 0.05) is 23.8 Å². The number of rotatable bonds is 10. The minimum atomic E-state index is -0.0707. The maximum Gasteiger partial charge on any atom is 0.163 e. The third kappa shape index (κ3) is 7.23. The molecular formula is C31H46O3. The van der Waals surface area contributed by atoms with Gasteiger partial charge in [0.2, 0.25) is 0 Å². The normalized spacial score (nSPS) is 20.8. The third-order valence-electron chi connectivity index (χ3n) is 7.41. The molecule has 2 aliphatic rings. The fourth-order valence-corrected chi connectivity index (χ4v) is 6.03. The van der Waals surface area contributed by atoms with Crippen LogP contribution >= 0.6 is 0 Å². The number of Topliss-reactive ketones (excluding diaryl/α,β-unsaturated/α-hetero) is 3. The molecule has 0 aliphatic heterocycles. The summed E-state index contributed by atoms with van der Waals surface area (Å²) < 4.78 is 0. The molecule has 0 amide bonds. The van der Waals surface area contributed by atoms with Gasteiger partial charge in [-0.25, -0.2) is 0 Å². The quantitative estimate of drug-likeness (QED) is 0.259. The summed E-state index contributed by atoms with van der Waals surface area (Å²) in [5.41, 5.74) is 4.62.